The molecular formula is C30H30N4O3. The van der Waals surface area contributed by atoms with Gasteiger partial charge in [0.1, 0.15) is 11.5 Å². The Hall–Kier alpha value is -4.52. The molecule has 0 aromatic heterocycles. The molecular weight excluding hydrogens is 464 g/mol. The number of nitrogens with zero attached hydrogens (tertiary/aromatic N) is 2. The van der Waals surface area contributed by atoms with E-state index in [-0.39, 0.29) is 11.9 Å². The van der Waals surface area contributed by atoms with Crippen LogP contribution >= 0.6 is 0 Å². The average Bonchev–Trinajstić information content (AvgIpc) is 2.91. The zero-order valence-electron chi connectivity index (χ0n) is 20.5. The maximum Gasteiger partial charge on any atom is 0.268 e. The number of hydrogen-bond acceptors (Lipinski definition) is 4. The van der Waals surface area contributed by atoms with Crippen LogP contribution in [0.25, 0.3) is 10.8 Å². The summed E-state index contributed by atoms with van der Waals surface area (Å²) < 4.78 is 12.1. The van der Waals surface area contributed by atoms with Crippen molar-refractivity contribution in [1.29, 1.82) is 0 Å². The highest BCUT2D eigenvalue weighted by Crippen LogP contribution is 2.36. The molecule has 0 bridgehead atoms. The zero-order valence-corrected chi connectivity index (χ0v) is 20.5. The van der Waals surface area contributed by atoms with E-state index in [1.165, 1.54) is 0 Å². The van der Waals surface area contributed by atoms with Crippen molar-refractivity contribution >= 4 is 28.3 Å². The van der Waals surface area contributed by atoms with E-state index in [0.29, 0.717) is 31.9 Å². The van der Waals surface area contributed by atoms with Crippen molar-refractivity contribution in [3.05, 3.63) is 102 Å². The molecule has 4 N–H and O–H groups in total. The van der Waals surface area contributed by atoms with Crippen LogP contribution in [-0.2, 0) is 17.8 Å². The first kappa shape index (κ1) is 24.2. The first-order valence-corrected chi connectivity index (χ1v) is 12.4. The molecule has 5 rings (SSSR count). The Labute approximate surface area is 216 Å². The Morgan fingerprint density at radius 2 is 1.68 bits per heavy atom. The van der Waals surface area contributed by atoms with Gasteiger partial charge in [-0.3, -0.25) is 9.79 Å². The maximum atomic E-state index is 13.6. The number of ether oxygens (including phenoxy) is 2. The molecule has 4 aromatic carbocycles. The van der Waals surface area contributed by atoms with E-state index in [0.717, 1.165) is 39.8 Å². The Morgan fingerprint density at radius 1 is 0.919 bits per heavy atom. The van der Waals surface area contributed by atoms with E-state index in [4.69, 9.17) is 20.9 Å². The van der Waals surface area contributed by atoms with Gasteiger partial charge >= 0.3 is 0 Å². The van der Waals surface area contributed by atoms with Gasteiger partial charge in [0.25, 0.3) is 5.91 Å². The lowest BCUT2D eigenvalue weighted by molar-refractivity contribution is -0.127. The minimum Gasteiger partial charge on any atom is -0.493 e. The summed E-state index contributed by atoms with van der Waals surface area (Å²) in [5.74, 6) is 1.47. The minimum atomic E-state index is -0.622. The first-order chi connectivity index (χ1) is 18.1. The number of aliphatic imine (C=N–C) groups is 1. The maximum absolute atomic E-state index is 13.6. The molecule has 37 heavy (non-hydrogen) atoms. The topological polar surface area (TPSA) is 103 Å². The monoisotopic (exact) mass is 494 g/mol. The number of guanidine groups is 1. The van der Waals surface area contributed by atoms with E-state index < -0.39 is 6.10 Å². The van der Waals surface area contributed by atoms with Crippen molar-refractivity contribution in [2.45, 2.75) is 25.5 Å². The number of fused-ring (bicyclic) bond motifs is 2. The summed E-state index contributed by atoms with van der Waals surface area (Å²) in [5.41, 5.74) is 13.7. The van der Waals surface area contributed by atoms with E-state index in [1.807, 2.05) is 71.6 Å². The number of para-hydroxylation sites is 2. The number of rotatable bonds is 9. The summed E-state index contributed by atoms with van der Waals surface area (Å²) in [6, 6.07) is 29.9. The molecule has 7 heteroatoms. The molecule has 0 spiro atoms. The highest BCUT2D eigenvalue weighted by molar-refractivity contribution is 6.00. The smallest absolute Gasteiger partial charge is 0.268 e. The number of benzene rings is 4. The van der Waals surface area contributed by atoms with Crippen molar-refractivity contribution in [1.82, 2.24) is 0 Å². The van der Waals surface area contributed by atoms with E-state index in [1.54, 1.807) is 0 Å². The van der Waals surface area contributed by atoms with Gasteiger partial charge in [0, 0.05) is 13.0 Å². The molecule has 4 aromatic rings. The largest absolute Gasteiger partial charge is 0.493 e. The Kier molecular flexibility index (Phi) is 7.21. The van der Waals surface area contributed by atoms with Gasteiger partial charge in [-0.05, 0) is 52.6 Å². The molecule has 0 saturated heterocycles. The normalized spacial score (nSPS) is 14.6. The molecule has 0 radical (unpaired) electrons. The van der Waals surface area contributed by atoms with E-state index >= 15 is 0 Å². The SMILES string of the molecule is NC(N)=NCCc1ccc(OCCC2Oc3ccccc3N(Cc3cccc4ccccc34)C2=O)cc1. The number of carbonyl (C=O) groups is 1. The van der Waals surface area contributed by atoms with Gasteiger partial charge in [-0.15, -0.1) is 0 Å². The molecule has 7 nitrogen and oxygen atoms in total. The molecule has 1 unspecified atom stereocenters. The fraction of sp³-hybridized carbons (Fsp3) is 0.200. The molecule has 1 heterocycles. The summed E-state index contributed by atoms with van der Waals surface area (Å²) in [5, 5.41) is 2.30. The highest BCUT2D eigenvalue weighted by atomic mass is 16.5. The van der Waals surface area contributed by atoms with Crippen molar-refractivity contribution in [3.8, 4) is 11.5 Å². The third kappa shape index (κ3) is 5.67. The number of carbonyl (C=O) groups excluding carboxylic acids is 1. The number of nitrogens with two attached hydrogens (primary N) is 2. The summed E-state index contributed by atoms with van der Waals surface area (Å²) in [4.78, 5) is 19.4. The predicted octanol–water partition coefficient (Wildman–Crippen LogP) is 4.42. The fourth-order valence-corrected chi connectivity index (χ4v) is 4.57. The van der Waals surface area contributed by atoms with Crippen LogP contribution in [0.5, 0.6) is 11.5 Å². The lowest BCUT2D eigenvalue weighted by Crippen LogP contribution is -2.46. The third-order valence-corrected chi connectivity index (χ3v) is 6.44. The number of hydrogen-bond donors (Lipinski definition) is 2. The summed E-state index contributed by atoms with van der Waals surface area (Å²) in [6.45, 7) is 1.37. The second kappa shape index (κ2) is 11.0. The molecule has 0 saturated carbocycles. The molecule has 1 amide bonds. The van der Waals surface area contributed by atoms with Gasteiger partial charge in [0.15, 0.2) is 12.1 Å². The lowest BCUT2D eigenvalue weighted by atomic mass is 10.0. The first-order valence-electron chi connectivity index (χ1n) is 12.4. The standard InChI is InChI=1S/C30H30N4O3/c31-30(32)33-18-16-21-12-14-24(15-13-21)36-19-17-28-29(35)34(26-10-3-4-11-27(26)37-28)20-23-8-5-7-22-6-1-2-9-25(22)23/h1-15,28H,16-20H2,(H4,31,32,33). The Morgan fingerprint density at radius 3 is 2.51 bits per heavy atom. The van der Waals surface area contributed by atoms with Crippen LogP contribution in [-0.4, -0.2) is 31.1 Å². The molecule has 0 fully saturated rings. The number of amides is 1. The number of anilines is 1. The van der Waals surface area contributed by atoms with Crippen LogP contribution in [0, 0.1) is 0 Å². The second-order valence-corrected chi connectivity index (χ2v) is 8.97. The van der Waals surface area contributed by atoms with E-state index in [9.17, 15) is 4.79 Å². The Balaban J connectivity index is 1.26. The van der Waals surface area contributed by atoms with Crippen LogP contribution in [0.15, 0.2) is 96.0 Å². The highest BCUT2D eigenvalue weighted by Gasteiger charge is 2.34. The van der Waals surface area contributed by atoms with Gasteiger partial charge in [-0.2, -0.15) is 0 Å². The van der Waals surface area contributed by atoms with Crippen LogP contribution in [0.1, 0.15) is 17.5 Å². The molecule has 1 atom stereocenters. The van der Waals surface area contributed by atoms with Gasteiger partial charge < -0.3 is 25.8 Å². The van der Waals surface area contributed by atoms with Gasteiger partial charge in [-0.25, -0.2) is 0 Å². The van der Waals surface area contributed by atoms with Crippen LogP contribution in [0.4, 0.5) is 5.69 Å². The third-order valence-electron chi connectivity index (χ3n) is 6.44. The predicted molar refractivity (Wildman–Crippen MR) is 147 cm³/mol. The van der Waals surface area contributed by atoms with Crippen molar-refractivity contribution in [2.75, 3.05) is 18.1 Å². The zero-order chi connectivity index (χ0) is 25.6. The van der Waals surface area contributed by atoms with Crippen molar-refractivity contribution in [2.24, 2.45) is 16.5 Å². The average molecular weight is 495 g/mol. The van der Waals surface area contributed by atoms with Gasteiger partial charge in [-0.1, -0.05) is 66.7 Å². The second-order valence-electron chi connectivity index (χ2n) is 8.97. The van der Waals surface area contributed by atoms with Gasteiger partial charge in [0.2, 0.25) is 0 Å². The fourth-order valence-electron chi connectivity index (χ4n) is 4.57. The van der Waals surface area contributed by atoms with E-state index in [2.05, 4.69) is 29.3 Å². The minimum absolute atomic E-state index is 0.0645. The molecule has 0 aliphatic carbocycles. The summed E-state index contributed by atoms with van der Waals surface area (Å²) in [6.07, 6.45) is 0.559. The molecule has 188 valence electrons. The van der Waals surface area contributed by atoms with Crippen LogP contribution in [0.3, 0.4) is 0 Å². The van der Waals surface area contributed by atoms with Crippen molar-refractivity contribution < 1.29 is 14.3 Å². The van der Waals surface area contributed by atoms with Crippen LogP contribution < -0.4 is 25.8 Å². The Bertz CT molecular complexity index is 1410. The quantitative estimate of drug-likeness (QED) is 0.265. The summed E-state index contributed by atoms with van der Waals surface area (Å²) >= 11 is 0. The van der Waals surface area contributed by atoms with Crippen LogP contribution in [0.2, 0.25) is 0 Å². The van der Waals surface area contributed by atoms with Gasteiger partial charge in [0.05, 0.1) is 18.8 Å². The van der Waals surface area contributed by atoms with Crippen molar-refractivity contribution in [3.63, 3.8) is 0 Å². The summed E-state index contributed by atoms with van der Waals surface area (Å²) in [7, 11) is 0. The molecule has 1 aliphatic heterocycles. The molecule has 1 aliphatic rings. The lowest BCUT2D eigenvalue weighted by Gasteiger charge is -2.34.